The number of methoxy groups -OCH3 is 1. The van der Waals surface area contributed by atoms with Crippen molar-refractivity contribution < 1.29 is 13.5 Å². The van der Waals surface area contributed by atoms with Crippen molar-refractivity contribution in [2.45, 2.75) is 39.2 Å². The van der Waals surface area contributed by atoms with Crippen LogP contribution in [0.3, 0.4) is 0 Å². The first kappa shape index (κ1) is 17.1. The highest BCUT2D eigenvalue weighted by Gasteiger charge is 2.20. The Balaban J connectivity index is 2.77. The normalized spacial score (nSPS) is 14.2. The fourth-order valence-electron chi connectivity index (χ4n) is 2.26. The Labute approximate surface area is 120 Å². The lowest BCUT2D eigenvalue weighted by Crippen LogP contribution is -2.38. The Kier molecular flexibility index (Phi) is 7.70. The molecule has 0 spiro atoms. The molecule has 1 rings (SSSR count). The minimum absolute atomic E-state index is 0.0523. The molecule has 0 amide bonds. The lowest BCUT2D eigenvalue weighted by molar-refractivity contribution is 0.169. The van der Waals surface area contributed by atoms with Gasteiger partial charge in [0, 0.05) is 25.3 Å². The zero-order chi connectivity index (χ0) is 15.0. The van der Waals surface area contributed by atoms with Gasteiger partial charge in [-0.15, -0.1) is 0 Å². The van der Waals surface area contributed by atoms with Gasteiger partial charge in [-0.3, -0.25) is 0 Å². The maximum atomic E-state index is 13.8. The van der Waals surface area contributed by atoms with Crippen LogP contribution in [-0.4, -0.2) is 26.3 Å². The minimum atomic E-state index is -0.466. The van der Waals surface area contributed by atoms with Crippen molar-refractivity contribution in [3.05, 3.63) is 35.4 Å². The van der Waals surface area contributed by atoms with Crippen LogP contribution in [0.1, 0.15) is 32.3 Å². The summed E-state index contributed by atoms with van der Waals surface area (Å²) in [6.45, 7) is 5.67. The summed E-state index contributed by atoms with van der Waals surface area (Å²) < 4.78 is 32.6. The fourth-order valence-corrected chi connectivity index (χ4v) is 2.26. The van der Waals surface area contributed by atoms with Crippen molar-refractivity contribution in [3.63, 3.8) is 0 Å². The van der Waals surface area contributed by atoms with Crippen LogP contribution < -0.4 is 5.32 Å². The SMILES string of the molecule is CCCNC(Cc1c(F)cccc1F)C(C)CCOC. The summed E-state index contributed by atoms with van der Waals surface area (Å²) in [5, 5.41) is 3.39. The Morgan fingerprint density at radius 3 is 2.45 bits per heavy atom. The van der Waals surface area contributed by atoms with Gasteiger partial charge in [-0.1, -0.05) is 19.9 Å². The summed E-state index contributed by atoms with van der Waals surface area (Å²) >= 11 is 0. The maximum absolute atomic E-state index is 13.8. The van der Waals surface area contributed by atoms with E-state index in [4.69, 9.17) is 4.74 Å². The van der Waals surface area contributed by atoms with Crippen LogP contribution in [-0.2, 0) is 11.2 Å². The third-order valence-electron chi connectivity index (χ3n) is 3.61. The Bertz CT molecular complexity index is 378. The monoisotopic (exact) mass is 285 g/mol. The van der Waals surface area contributed by atoms with E-state index in [-0.39, 0.29) is 11.6 Å². The molecule has 1 aromatic carbocycles. The standard InChI is InChI=1S/C16H25F2NO/c1-4-9-19-16(12(2)8-10-20-3)11-13-14(17)6-5-7-15(13)18/h5-7,12,16,19H,4,8-11H2,1-3H3. The molecular weight excluding hydrogens is 260 g/mol. The quantitative estimate of drug-likeness (QED) is 0.749. The van der Waals surface area contributed by atoms with Gasteiger partial charge in [-0.25, -0.2) is 8.78 Å². The summed E-state index contributed by atoms with van der Waals surface area (Å²) in [5.74, 6) is -0.639. The van der Waals surface area contributed by atoms with Crippen LogP contribution in [0.15, 0.2) is 18.2 Å². The Morgan fingerprint density at radius 1 is 1.25 bits per heavy atom. The largest absolute Gasteiger partial charge is 0.385 e. The molecule has 0 aromatic heterocycles. The van der Waals surface area contributed by atoms with Crippen LogP contribution in [0, 0.1) is 17.6 Å². The summed E-state index contributed by atoms with van der Waals surface area (Å²) in [6, 6.07) is 4.08. The molecule has 2 nitrogen and oxygen atoms in total. The number of hydrogen-bond donors (Lipinski definition) is 1. The highest BCUT2D eigenvalue weighted by molar-refractivity contribution is 5.21. The molecule has 1 N–H and O–H groups in total. The van der Waals surface area contributed by atoms with Gasteiger partial charge < -0.3 is 10.1 Å². The number of hydrogen-bond acceptors (Lipinski definition) is 2. The first-order chi connectivity index (χ1) is 9.60. The topological polar surface area (TPSA) is 21.3 Å². The van der Waals surface area contributed by atoms with Crippen molar-refractivity contribution in [1.82, 2.24) is 5.32 Å². The van der Waals surface area contributed by atoms with Gasteiger partial charge in [-0.05, 0) is 43.9 Å². The molecule has 0 fully saturated rings. The molecule has 20 heavy (non-hydrogen) atoms. The van der Waals surface area contributed by atoms with Gasteiger partial charge >= 0.3 is 0 Å². The van der Waals surface area contributed by atoms with Gasteiger partial charge in [-0.2, -0.15) is 0 Å². The Morgan fingerprint density at radius 2 is 1.90 bits per heavy atom. The second-order valence-corrected chi connectivity index (χ2v) is 5.22. The molecule has 4 heteroatoms. The zero-order valence-corrected chi connectivity index (χ0v) is 12.6. The summed E-state index contributed by atoms with van der Waals surface area (Å²) in [4.78, 5) is 0. The second kappa shape index (κ2) is 9.03. The third kappa shape index (κ3) is 5.17. The predicted molar refractivity (Wildman–Crippen MR) is 77.8 cm³/mol. The van der Waals surface area contributed by atoms with Gasteiger partial charge in [0.15, 0.2) is 0 Å². The van der Waals surface area contributed by atoms with Crippen molar-refractivity contribution in [3.8, 4) is 0 Å². The van der Waals surface area contributed by atoms with Crippen LogP contribution in [0.5, 0.6) is 0 Å². The van der Waals surface area contributed by atoms with Crippen LogP contribution in [0.25, 0.3) is 0 Å². The van der Waals surface area contributed by atoms with Crippen molar-refractivity contribution in [1.29, 1.82) is 0 Å². The lowest BCUT2D eigenvalue weighted by atomic mass is 9.92. The van der Waals surface area contributed by atoms with E-state index in [9.17, 15) is 8.78 Å². The first-order valence-electron chi connectivity index (χ1n) is 7.25. The molecule has 0 aliphatic heterocycles. The predicted octanol–water partition coefficient (Wildman–Crippen LogP) is 3.55. The van der Waals surface area contributed by atoms with E-state index in [1.54, 1.807) is 7.11 Å². The van der Waals surface area contributed by atoms with E-state index in [1.165, 1.54) is 18.2 Å². The molecule has 0 radical (unpaired) electrons. The first-order valence-corrected chi connectivity index (χ1v) is 7.25. The van der Waals surface area contributed by atoms with E-state index >= 15 is 0 Å². The fraction of sp³-hybridized carbons (Fsp3) is 0.625. The highest BCUT2D eigenvalue weighted by Crippen LogP contribution is 2.19. The average Bonchev–Trinajstić information content (AvgIpc) is 2.43. The molecule has 0 aliphatic carbocycles. The summed E-state index contributed by atoms with van der Waals surface area (Å²) in [5.41, 5.74) is 0.172. The number of ether oxygens (including phenoxy) is 1. The average molecular weight is 285 g/mol. The summed E-state index contributed by atoms with van der Waals surface area (Å²) in [7, 11) is 1.66. The lowest BCUT2D eigenvalue weighted by Gasteiger charge is -2.25. The molecule has 0 bridgehead atoms. The number of rotatable bonds is 9. The van der Waals surface area contributed by atoms with Gasteiger partial charge in [0.1, 0.15) is 11.6 Å². The van der Waals surface area contributed by atoms with Gasteiger partial charge in [0.25, 0.3) is 0 Å². The van der Waals surface area contributed by atoms with E-state index < -0.39 is 11.6 Å². The molecule has 0 aliphatic rings. The van der Waals surface area contributed by atoms with Crippen LogP contribution >= 0.6 is 0 Å². The molecule has 1 aromatic rings. The molecule has 0 heterocycles. The van der Waals surface area contributed by atoms with Crippen molar-refractivity contribution >= 4 is 0 Å². The molecule has 114 valence electrons. The number of halogens is 2. The maximum Gasteiger partial charge on any atom is 0.129 e. The molecule has 0 saturated heterocycles. The van der Waals surface area contributed by atoms with E-state index in [1.807, 2.05) is 0 Å². The number of nitrogens with one attached hydrogen (secondary N) is 1. The van der Waals surface area contributed by atoms with Crippen LogP contribution in [0.2, 0.25) is 0 Å². The van der Waals surface area contributed by atoms with Crippen LogP contribution in [0.4, 0.5) is 8.78 Å². The van der Waals surface area contributed by atoms with Gasteiger partial charge in [0.05, 0.1) is 0 Å². The summed E-state index contributed by atoms with van der Waals surface area (Å²) in [6.07, 6.45) is 2.23. The minimum Gasteiger partial charge on any atom is -0.385 e. The van der Waals surface area contributed by atoms with Crippen molar-refractivity contribution in [2.75, 3.05) is 20.3 Å². The zero-order valence-electron chi connectivity index (χ0n) is 12.6. The van der Waals surface area contributed by atoms with E-state index in [0.29, 0.717) is 18.9 Å². The van der Waals surface area contributed by atoms with E-state index in [0.717, 1.165) is 19.4 Å². The molecular formula is C16H25F2NO. The molecule has 0 saturated carbocycles. The highest BCUT2D eigenvalue weighted by atomic mass is 19.1. The smallest absolute Gasteiger partial charge is 0.129 e. The van der Waals surface area contributed by atoms with E-state index in [2.05, 4.69) is 19.2 Å². The molecule has 2 atom stereocenters. The second-order valence-electron chi connectivity index (χ2n) is 5.22. The van der Waals surface area contributed by atoms with Crippen molar-refractivity contribution in [2.24, 2.45) is 5.92 Å². The van der Waals surface area contributed by atoms with Gasteiger partial charge in [0.2, 0.25) is 0 Å². The third-order valence-corrected chi connectivity index (χ3v) is 3.61. The molecule has 2 unspecified atom stereocenters. The Hall–Kier alpha value is -1.00. The number of benzene rings is 1.